The van der Waals surface area contributed by atoms with Gasteiger partial charge in [-0.15, -0.1) is 0 Å². The van der Waals surface area contributed by atoms with Gasteiger partial charge in [-0.05, 0) is 6.08 Å². The zero-order valence-corrected chi connectivity index (χ0v) is 6.82. The Balaban J connectivity index is 2.43. The number of carbonyl (C=O) groups excluding carboxylic acids is 1. The molecule has 0 aliphatic carbocycles. The van der Waals surface area contributed by atoms with Gasteiger partial charge < -0.3 is 5.32 Å². The van der Waals surface area contributed by atoms with E-state index >= 15 is 0 Å². The number of aromatic nitrogens is 3. The van der Waals surface area contributed by atoms with E-state index in [1.165, 1.54) is 6.08 Å². The molecule has 0 unspecified atom stereocenters. The molecule has 1 heterocycles. The van der Waals surface area contributed by atoms with Crippen molar-refractivity contribution in [3.05, 3.63) is 24.8 Å². The van der Waals surface area contributed by atoms with Crippen molar-refractivity contribution in [1.29, 1.82) is 0 Å². The van der Waals surface area contributed by atoms with E-state index in [2.05, 4.69) is 22.0 Å². The van der Waals surface area contributed by atoms with E-state index in [-0.39, 0.29) is 5.91 Å². The standard InChI is InChI=1S/C7H10N4O/c1-3-7(12)8-4-6-9-5-11(2)10-6/h3,5H,1,4H2,2H3,(H,8,12). The van der Waals surface area contributed by atoms with Gasteiger partial charge in [0.2, 0.25) is 5.91 Å². The van der Waals surface area contributed by atoms with Crippen LogP contribution in [0.2, 0.25) is 0 Å². The lowest BCUT2D eigenvalue weighted by molar-refractivity contribution is -0.116. The average Bonchev–Trinajstić information content (AvgIpc) is 2.47. The van der Waals surface area contributed by atoms with Gasteiger partial charge in [-0.3, -0.25) is 9.48 Å². The van der Waals surface area contributed by atoms with Crippen LogP contribution in [0.3, 0.4) is 0 Å². The Kier molecular flexibility index (Phi) is 2.57. The molecule has 0 spiro atoms. The molecule has 0 aromatic carbocycles. The monoisotopic (exact) mass is 166 g/mol. The van der Waals surface area contributed by atoms with Gasteiger partial charge in [0, 0.05) is 7.05 Å². The summed E-state index contributed by atoms with van der Waals surface area (Å²) in [5, 5.41) is 6.54. The lowest BCUT2D eigenvalue weighted by atomic mass is 10.5. The van der Waals surface area contributed by atoms with Crippen LogP contribution in [0.25, 0.3) is 0 Å². The maximum Gasteiger partial charge on any atom is 0.243 e. The molecular weight excluding hydrogens is 156 g/mol. The second-order valence-corrected chi connectivity index (χ2v) is 2.26. The molecule has 64 valence electrons. The number of hydrogen-bond donors (Lipinski definition) is 1. The molecule has 0 aliphatic rings. The van der Waals surface area contributed by atoms with E-state index < -0.39 is 0 Å². The highest BCUT2D eigenvalue weighted by Crippen LogP contribution is 1.86. The first kappa shape index (κ1) is 8.45. The summed E-state index contributed by atoms with van der Waals surface area (Å²) in [4.78, 5) is 14.6. The highest BCUT2D eigenvalue weighted by molar-refractivity contribution is 5.86. The van der Waals surface area contributed by atoms with Crippen molar-refractivity contribution in [2.45, 2.75) is 6.54 Å². The van der Waals surface area contributed by atoms with Gasteiger partial charge in [0.15, 0.2) is 5.82 Å². The van der Waals surface area contributed by atoms with Crippen molar-refractivity contribution < 1.29 is 4.79 Å². The van der Waals surface area contributed by atoms with Gasteiger partial charge in [-0.25, -0.2) is 4.98 Å². The smallest absolute Gasteiger partial charge is 0.243 e. The Bertz CT molecular complexity index is 291. The first-order valence-corrected chi connectivity index (χ1v) is 3.47. The number of hydrogen-bond acceptors (Lipinski definition) is 3. The number of nitrogens with one attached hydrogen (secondary N) is 1. The zero-order valence-electron chi connectivity index (χ0n) is 6.82. The van der Waals surface area contributed by atoms with Crippen molar-refractivity contribution >= 4 is 5.91 Å². The number of amides is 1. The van der Waals surface area contributed by atoms with Crippen LogP contribution in [0.1, 0.15) is 5.82 Å². The van der Waals surface area contributed by atoms with Crippen LogP contribution in [0, 0.1) is 0 Å². The summed E-state index contributed by atoms with van der Waals surface area (Å²) < 4.78 is 1.58. The molecule has 1 aromatic rings. The molecule has 5 heteroatoms. The molecule has 1 N–H and O–H groups in total. The quantitative estimate of drug-likeness (QED) is 0.622. The summed E-state index contributed by atoms with van der Waals surface area (Å²) in [6.07, 6.45) is 2.79. The Morgan fingerprint density at radius 3 is 3.17 bits per heavy atom. The Hall–Kier alpha value is -1.65. The number of aryl methyl sites for hydroxylation is 1. The molecule has 5 nitrogen and oxygen atoms in total. The summed E-state index contributed by atoms with van der Waals surface area (Å²) >= 11 is 0. The number of nitrogens with zero attached hydrogens (tertiary/aromatic N) is 3. The topological polar surface area (TPSA) is 59.8 Å². The van der Waals surface area contributed by atoms with Crippen LogP contribution in [0.5, 0.6) is 0 Å². The Morgan fingerprint density at radius 2 is 2.67 bits per heavy atom. The zero-order chi connectivity index (χ0) is 8.97. The third kappa shape index (κ3) is 2.19. The molecular formula is C7H10N4O. The number of rotatable bonds is 3. The van der Waals surface area contributed by atoms with Crippen LogP contribution < -0.4 is 5.32 Å². The third-order valence-corrected chi connectivity index (χ3v) is 1.25. The van der Waals surface area contributed by atoms with Gasteiger partial charge in [-0.2, -0.15) is 5.10 Å². The Morgan fingerprint density at radius 1 is 1.92 bits per heavy atom. The van der Waals surface area contributed by atoms with E-state index in [0.29, 0.717) is 12.4 Å². The largest absolute Gasteiger partial charge is 0.345 e. The summed E-state index contributed by atoms with van der Waals surface area (Å²) in [6, 6.07) is 0. The van der Waals surface area contributed by atoms with Crippen molar-refractivity contribution in [3.63, 3.8) is 0 Å². The summed E-state index contributed by atoms with van der Waals surface area (Å²) in [5.41, 5.74) is 0. The summed E-state index contributed by atoms with van der Waals surface area (Å²) in [7, 11) is 1.77. The predicted octanol–water partition coefficient (Wildman–Crippen LogP) is -0.383. The second kappa shape index (κ2) is 3.66. The lowest BCUT2D eigenvalue weighted by Gasteiger charge is -1.95. The molecule has 1 aromatic heterocycles. The minimum Gasteiger partial charge on any atom is -0.345 e. The molecule has 0 saturated carbocycles. The molecule has 0 radical (unpaired) electrons. The van der Waals surface area contributed by atoms with Crippen molar-refractivity contribution in [2.75, 3.05) is 0 Å². The van der Waals surface area contributed by atoms with Crippen LogP contribution in [-0.4, -0.2) is 20.7 Å². The SMILES string of the molecule is C=CC(=O)NCc1ncn(C)n1. The molecule has 0 atom stereocenters. The molecule has 1 rings (SSSR count). The van der Waals surface area contributed by atoms with Gasteiger partial charge in [-0.1, -0.05) is 6.58 Å². The van der Waals surface area contributed by atoms with E-state index in [4.69, 9.17) is 0 Å². The predicted molar refractivity (Wildman–Crippen MR) is 43.0 cm³/mol. The molecule has 0 aliphatic heterocycles. The lowest BCUT2D eigenvalue weighted by Crippen LogP contribution is -2.20. The second-order valence-electron chi connectivity index (χ2n) is 2.26. The molecule has 0 saturated heterocycles. The molecule has 12 heavy (non-hydrogen) atoms. The van der Waals surface area contributed by atoms with Crippen molar-refractivity contribution in [1.82, 2.24) is 20.1 Å². The molecule has 0 fully saturated rings. The van der Waals surface area contributed by atoms with Crippen molar-refractivity contribution in [3.8, 4) is 0 Å². The fourth-order valence-corrected chi connectivity index (χ4v) is 0.703. The Labute approximate surface area is 70.1 Å². The van der Waals surface area contributed by atoms with E-state index in [0.717, 1.165) is 0 Å². The first-order chi connectivity index (χ1) is 5.72. The van der Waals surface area contributed by atoms with Gasteiger partial charge in [0.1, 0.15) is 6.33 Å². The fourth-order valence-electron chi connectivity index (χ4n) is 0.703. The maximum absolute atomic E-state index is 10.7. The molecule has 0 bridgehead atoms. The minimum absolute atomic E-state index is 0.220. The normalized spacial score (nSPS) is 9.42. The van der Waals surface area contributed by atoms with E-state index in [9.17, 15) is 4.79 Å². The first-order valence-electron chi connectivity index (χ1n) is 3.47. The van der Waals surface area contributed by atoms with E-state index in [1.54, 1.807) is 18.1 Å². The average molecular weight is 166 g/mol. The molecule has 1 amide bonds. The number of carbonyl (C=O) groups is 1. The highest BCUT2D eigenvalue weighted by atomic mass is 16.1. The summed E-state index contributed by atoms with van der Waals surface area (Å²) in [5.74, 6) is 0.371. The summed E-state index contributed by atoms with van der Waals surface area (Å²) in [6.45, 7) is 3.66. The van der Waals surface area contributed by atoms with Gasteiger partial charge >= 0.3 is 0 Å². The van der Waals surface area contributed by atoms with Crippen LogP contribution in [0.15, 0.2) is 19.0 Å². The van der Waals surface area contributed by atoms with Crippen LogP contribution in [-0.2, 0) is 18.4 Å². The minimum atomic E-state index is -0.220. The maximum atomic E-state index is 10.7. The van der Waals surface area contributed by atoms with Crippen molar-refractivity contribution in [2.24, 2.45) is 7.05 Å². The fraction of sp³-hybridized carbons (Fsp3) is 0.286. The van der Waals surface area contributed by atoms with Gasteiger partial charge in [0.25, 0.3) is 0 Å². The van der Waals surface area contributed by atoms with Crippen LogP contribution >= 0.6 is 0 Å². The highest BCUT2D eigenvalue weighted by Gasteiger charge is 1.98. The third-order valence-electron chi connectivity index (χ3n) is 1.25. The van der Waals surface area contributed by atoms with Crippen LogP contribution in [0.4, 0.5) is 0 Å². The van der Waals surface area contributed by atoms with E-state index in [1.807, 2.05) is 0 Å². The van der Waals surface area contributed by atoms with Gasteiger partial charge in [0.05, 0.1) is 6.54 Å².